The van der Waals surface area contributed by atoms with Gasteiger partial charge in [-0.3, -0.25) is 9.59 Å². The Morgan fingerprint density at radius 3 is 2.45 bits per heavy atom. The molecule has 0 aromatic rings. The van der Waals surface area contributed by atoms with Crippen molar-refractivity contribution in [2.24, 2.45) is 17.3 Å². The van der Waals surface area contributed by atoms with Gasteiger partial charge in [-0.05, 0) is 5.41 Å². The number of carbonyl (C=O) groups is 3. The summed E-state index contributed by atoms with van der Waals surface area (Å²) in [5.74, 6) is -3.11. The first kappa shape index (κ1) is 14.8. The molecule has 7 nitrogen and oxygen atoms in total. The lowest BCUT2D eigenvalue weighted by atomic mass is 10.1. The van der Waals surface area contributed by atoms with Crippen molar-refractivity contribution in [3.8, 4) is 0 Å². The number of amides is 1. The number of hydrogen-bond acceptors (Lipinski definition) is 5. The van der Waals surface area contributed by atoms with E-state index in [0.717, 1.165) is 0 Å². The molecule has 7 heteroatoms. The zero-order chi connectivity index (χ0) is 15.1. The van der Waals surface area contributed by atoms with E-state index in [1.54, 1.807) is 13.8 Å². The van der Waals surface area contributed by atoms with E-state index < -0.39 is 35.2 Å². The van der Waals surface area contributed by atoms with Crippen molar-refractivity contribution in [3.63, 3.8) is 0 Å². The minimum absolute atomic E-state index is 0.0866. The maximum atomic E-state index is 12.5. The predicted octanol–water partition coefficient (Wildman–Crippen LogP) is -0.256. The molecule has 1 saturated heterocycles. The van der Waals surface area contributed by atoms with Gasteiger partial charge in [0.25, 0.3) is 0 Å². The molecule has 112 valence electrons. The fraction of sp³-hybridized carbons (Fsp3) is 0.769. The third-order valence-electron chi connectivity index (χ3n) is 4.24. The van der Waals surface area contributed by atoms with Crippen LogP contribution in [0.25, 0.3) is 0 Å². The Hall–Kier alpha value is -1.63. The molecule has 3 atom stereocenters. The molecule has 0 radical (unpaired) electrons. The van der Waals surface area contributed by atoms with Gasteiger partial charge in [0.1, 0.15) is 0 Å². The Labute approximate surface area is 116 Å². The highest BCUT2D eigenvalue weighted by atomic mass is 16.5. The standard InChI is InChI=1S/C13H19NO6/c1-13(2)8(9(13)11(16)17)10(15)14-4-5-20-6-7(14)12(18)19-3/h7-9H,4-6H2,1-3H3,(H,16,17)/t7?,8-,9+/m1/s1. The van der Waals surface area contributed by atoms with Gasteiger partial charge >= 0.3 is 11.9 Å². The fourth-order valence-electron chi connectivity index (χ4n) is 2.94. The molecule has 0 aromatic carbocycles. The molecule has 2 rings (SSSR count). The molecular weight excluding hydrogens is 266 g/mol. The number of ether oxygens (including phenoxy) is 2. The summed E-state index contributed by atoms with van der Waals surface area (Å²) in [7, 11) is 1.25. The normalized spacial score (nSPS) is 31.6. The molecule has 2 fully saturated rings. The highest BCUT2D eigenvalue weighted by Gasteiger charge is 2.67. The highest BCUT2D eigenvalue weighted by molar-refractivity contribution is 5.94. The second-order valence-corrected chi connectivity index (χ2v) is 5.76. The van der Waals surface area contributed by atoms with Crippen LogP contribution in [0.5, 0.6) is 0 Å². The SMILES string of the molecule is COC(=O)C1COCCN1C(=O)[C@H]1[C@@H](C(=O)O)C1(C)C. The van der Waals surface area contributed by atoms with E-state index in [1.165, 1.54) is 12.0 Å². The van der Waals surface area contributed by atoms with Crippen LogP contribution in [0.4, 0.5) is 0 Å². The third-order valence-corrected chi connectivity index (χ3v) is 4.24. The lowest BCUT2D eigenvalue weighted by Gasteiger charge is -2.34. The van der Waals surface area contributed by atoms with E-state index in [0.29, 0.717) is 6.61 Å². The Bertz CT molecular complexity index is 446. The fourth-order valence-corrected chi connectivity index (χ4v) is 2.94. The molecule has 0 aromatic heterocycles. The van der Waals surface area contributed by atoms with Crippen LogP contribution in [0, 0.1) is 17.3 Å². The van der Waals surface area contributed by atoms with E-state index in [2.05, 4.69) is 4.74 Å². The highest BCUT2D eigenvalue weighted by Crippen LogP contribution is 2.59. The van der Waals surface area contributed by atoms with Gasteiger partial charge in [0, 0.05) is 6.54 Å². The maximum absolute atomic E-state index is 12.5. The van der Waals surface area contributed by atoms with Crippen LogP contribution in [0.2, 0.25) is 0 Å². The van der Waals surface area contributed by atoms with Crippen LogP contribution < -0.4 is 0 Å². The van der Waals surface area contributed by atoms with Gasteiger partial charge in [-0.2, -0.15) is 0 Å². The zero-order valence-electron chi connectivity index (χ0n) is 11.8. The van der Waals surface area contributed by atoms with Gasteiger partial charge in [0.05, 0.1) is 32.2 Å². The number of hydrogen-bond donors (Lipinski definition) is 1. The molecule has 1 saturated carbocycles. The summed E-state index contributed by atoms with van der Waals surface area (Å²) in [4.78, 5) is 36.8. The number of morpholine rings is 1. The van der Waals surface area contributed by atoms with Crippen molar-refractivity contribution < 1.29 is 29.0 Å². The molecule has 1 N–H and O–H groups in total. The summed E-state index contributed by atoms with van der Waals surface area (Å²) < 4.78 is 9.87. The van der Waals surface area contributed by atoms with Crippen LogP contribution >= 0.6 is 0 Å². The average Bonchev–Trinajstić information content (AvgIpc) is 3.00. The Balaban J connectivity index is 2.15. The zero-order valence-corrected chi connectivity index (χ0v) is 11.8. The molecule has 1 aliphatic heterocycles. The van der Waals surface area contributed by atoms with Crippen molar-refractivity contribution >= 4 is 17.8 Å². The Kier molecular flexibility index (Phi) is 3.73. The second kappa shape index (κ2) is 5.05. The first-order chi connectivity index (χ1) is 9.32. The van der Waals surface area contributed by atoms with E-state index >= 15 is 0 Å². The number of nitrogens with zero attached hydrogens (tertiary/aromatic N) is 1. The first-order valence-electron chi connectivity index (χ1n) is 6.51. The molecule has 20 heavy (non-hydrogen) atoms. The van der Waals surface area contributed by atoms with E-state index in [-0.39, 0.29) is 19.1 Å². The van der Waals surface area contributed by atoms with Crippen LogP contribution in [0.3, 0.4) is 0 Å². The molecule has 1 aliphatic carbocycles. The van der Waals surface area contributed by atoms with Gasteiger partial charge < -0.3 is 19.5 Å². The number of rotatable bonds is 3. The Morgan fingerprint density at radius 1 is 1.30 bits per heavy atom. The second-order valence-electron chi connectivity index (χ2n) is 5.76. The molecule has 0 bridgehead atoms. The number of carbonyl (C=O) groups excluding carboxylic acids is 2. The molecule has 1 unspecified atom stereocenters. The van der Waals surface area contributed by atoms with Crippen molar-refractivity contribution in [1.82, 2.24) is 4.90 Å². The largest absolute Gasteiger partial charge is 0.481 e. The van der Waals surface area contributed by atoms with Gasteiger partial charge in [0.2, 0.25) is 5.91 Å². The van der Waals surface area contributed by atoms with Crippen molar-refractivity contribution in [2.45, 2.75) is 19.9 Å². The number of carboxylic acid groups (broad SMARTS) is 1. The smallest absolute Gasteiger partial charge is 0.331 e. The molecule has 2 aliphatic rings. The van der Waals surface area contributed by atoms with Crippen LogP contribution in [-0.4, -0.2) is 60.8 Å². The molecular formula is C13H19NO6. The van der Waals surface area contributed by atoms with Crippen molar-refractivity contribution in [2.75, 3.05) is 26.9 Å². The van der Waals surface area contributed by atoms with Gasteiger partial charge in [0.15, 0.2) is 6.04 Å². The number of esters is 1. The minimum Gasteiger partial charge on any atom is -0.481 e. The molecule has 1 heterocycles. The monoisotopic (exact) mass is 285 g/mol. The third kappa shape index (κ3) is 2.26. The number of aliphatic carboxylic acids is 1. The van der Waals surface area contributed by atoms with Crippen LogP contribution in [-0.2, 0) is 23.9 Å². The average molecular weight is 285 g/mol. The van der Waals surface area contributed by atoms with Gasteiger partial charge in [-0.1, -0.05) is 13.8 Å². The first-order valence-corrected chi connectivity index (χ1v) is 6.51. The molecule has 1 amide bonds. The van der Waals surface area contributed by atoms with Gasteiger partial charge in [-0.15, -0.1) is 0 Å². The van der Waals surface area contributed by atoms with Crippen LogP contribution in [0.1, 0.15) is 13.8 Å². The summed E-state index contributed by atoms with van der Waals surface area (Å²) in [6.07, 6.45) is 0. The van der Waals surface area contributed by atoms with Crippen molar-refractivity contribution in [3.05, 3.63) is 0 Å². The van der Waals surface area contributed by atoms with Crippen molar-refractivity contribution in [1.29, 1.82) is 0 Å². The number of carboxylic acids is 1. The lowest BCUT2D eigenvalue weighted by molar-refractivity contribution is -0.162. The topological polar surface area (TPSA) is 93.1 Å². The molecule has 0 spiro atoms. The summed E-state index contributed by atoms with van der Waals surface area (Å²) in [5, 5.41) is 9.14. The maximum Gasteiger partial charge on any atom is 0.331 e. The summed E-state index contributed by atoms with van der Waals surface area (Å²) in [5.41, 5.74) is -0.581. The lowest BCUT2D eigenvalue weighted by Crippen LogP contribution is -2.53. The summed E-state index contributed by atoms with van der Waals surface area (Å²) in [6, 6.07) is -0.785. The summed E-state index contributed by atoms with van der Waals surface area (Å²) in [6.45, 7) is 4.20. The number of methoxy groups -OCH3 is 1. The van der Waals surface area contributed by atoms with Gasteiger partial charge in [-0.25, -0.2) is 4.79 Å². The van der Waals surface area contributed by atoms with E-state index in [9.17, 15) is 14.4 Å². The van der Waals surface area contributed by atoms with E-state index in [4.69, 9.17) is 9.84 Å². The quantitative estimate of drug-likeness (QED) is 0.718. The Morgan fingerprint density at radius 2 is 1.95 bits per heavy atom. The van der Waals surface area contributed by atoms with Crippen LogP contribution in [0.15, 0.2) is 0 Å². The van der Waals surface area contributed by atoms with E-state index in [1.807, 2.05) is 0 Å². The summed E-state index contributed by atoms with van der Waals surface area (Å²) >= 11 is 0. The predicted molar refractivity (Wildman–Crippen MR) is 66.7 cm³/mol. The minimum atomic E-state index is -0.976.